The molecule has 1 rings (SSSR count). The van der Waals surface area contributed by atoms with Gasteiger partial charge in [0.05, 0.1) is 6.10 Å². The van der Waals surface area contributed by atoms with Gasteiger partial charge in [0.1, 0.15) is 11.8 Å². The minimum atomic E-state index is -0.301. The fourth-order valence-corrected chi connectivity index (χ4v) is 1.23. The third-order valence-corrected chi connectivity index (χ3v) is 2.18. The molecule has 4 nitrogen and oxygen atoms in total. The first-order valence-electron chi connectivity index (χ1n) is 4.89. The summed E-state index contributed by atoms with van der Waals surface area (Å²) in [5.41, 5.74) is 1.36. The predicted octanol–water partition coefficient (Wildman–Crippen LogP) is 1.16. The van der Waals surface area contributed by atoms with E-state index in [4.69, 9.17) is 10.4 Å². The Bertz CT molecular complexity index is 357. The van der Waals surface area contributed by atoms with Gasteiger partial charge in [-0.3, -0.25) is 0 Å². The summed E-state index contributed by atoms with van der Waals surface area (Å²) in [6.45, 7) is 2.52. The van der Waals surface area contributed by atoms with Crippen molar-refractivity contribution in [2.75, 3.05) is 18.5 Å². The number of nitrogens with zero attached hydrogens (tertiary/aromatic N) is 3. The summed E-state index contributed by atoms with van der Waals surface area (Å²) in [4.78, 5) is 5.89. The molecule has 0 saturated heterocycles. The van der Waals surface area contributed by atoms with E-state index in [1.807, 2.05) is 24.1 Å². The topological polar surface area (TPSA) is 60.1 Å². The zero-order valence-corrected chi connectivity index (χ0v) is 9.01. The van der Waals surface area contributed by atoms with Gasteiger partial charge in [0, 0.05) is 25.5 Å². The molecule has 0 aliphatic carbocycles. The Kier molecular flexibility index (Phi) is 4.07. The molecule has 0 radical (unpaired) electrons. The highest BCUT2D eigenvalue weighted by atomic mass is 16.3. The number of aliphatic hydroxyl groups is 1. The number of hydrogen-bond acceptors (Lipinski definition) is 4. The summed E-state index contributed by atoms with van der Waals surface area (Å²) in [7, 11) is 1.93. The van der Waals surface area contributed by atoms with Gasteiger partial charge < -0.3 is 10.0 Å². The van der Waals surface area contributed by atoms with Crippen LogP contribution in [0.1, 0.15) is 19.0 Å². The zero-order valence-electron chi connectivity index (χ0n) is 9.01. The van der Waals surface area contributed by atoms with Crippen LogP contribution in [0.5, 0.6) is 0 Å². The van der Waals surface area contributed by atoms with E-state index in [1.165, 1.54) is 0 Å². The minimum Gasteiger partial charge on any atom is -0.393 e. The Balaban J connectivity index is 2.65. The van der Waals surface area contributed by atoms with Crippen LogP contribution in [0.3, 0.4) is 0 Å². The third-order valence-electron chi connectivity index (χ3n) is 2.18. The number of pyridine rings is 1. The van der Waals surface area contributed by atoms with Gasteiger partial charge in [0.15, 0.2) is 0 Å². The van der Waals surface area contributed by atoms with E-state index in [-0.39, 0.29) is 6.10 Å². The van der Waals surface area contributed by atoms with E-state index in [2.05, 4.69) is 4.98 Å². The predicted molar refractivity (Wildman–Crippen MR) is 58.5 cm³/mol. The highest BCUT2D eigenvalue weighted by molar-refractivity contribution is 5.47. The van der Waals surface area contributed by atoms with Crippen LogP contribution in [0.2, 0.25) is 0 Å². The van der Waals surface area contributed by atoms with Crippen molar-refractivity contribution in [3.8, 4) is 6.07 Å². The fourth-order valence-electron chi connectivity index (χ4n) is 1.23. The lowest BCUT2D eigenvalue weighted by Crippen LogP contribution is -2.21. The zero-order chi connectivity index (χ0) is 11.3. The number of rotatable bonds is 4. The van der Waals surface area contributed by atoms with Gasteiger partial charge in [0.2, 0.25) is 0 Å². The minimum absolute atomic E-state index is 0.301. The number of aromatic nitrogens is 1. The summed E-state index contributed by atoms with van der Waals surface area (Å²) in [6, 6.07) is 5.59. The Morgan fingerprint density at radius 3 is 3.00 bits per heavy atom. The van der Waals surface area contributed by atoms with Crippen molar-refractivity contribution in [1.29, 1.82) is 5.26 Å². The summed E-state index contributed by atoms with van der Waals surface area (Å²) in [6.07, 6.45) is 2.03. The van der Waals surface area contributed by atoms with Crippen LogP contribution in [-0.2, 0) is 0 Å². The number of aliphatic hydroxyl groups excluding tert-OH is 1. The molecular formula is C11H15N3O. The molecule has 1 atom stereocenters. The summed E-state index contributed by atoms with van der Waals surface area (Å²) >= 11 is 0. The normalized spacial score (nSPS) is 11.9. The van der Waals surface area contributed by atoms with Crippen molar-refractivity contribution in [1.82, 2.24) is 4.98 Å². The molecule has 0 saturated carbocycles. The average Bonchev–Trinajstić information content (AvgIpc) is 2.26. The van der Waals surface area contributed by atoms with Gasteiger partial charge in [-0.05, 0) is 25.5 Å². The van der Waals surface area contributed by atoms with Crippen molar-refractivity contribution in [3.05, 3.63) is 24.0 Å². The highest BCUT2D eigenvalue weighted by Crippen LogP contribution is 2.12. The van der Waals surface area contributed by atoms with E-state index in [0.29, 0.717) is 12.1 Å². The van der Waals surface area contributed by atoms with Crippen LogP contribution in [0.4, 0.5) is 5.69 Å². The molecule has 1 aromatic heterocycles. The maximum Gasteiger partial charge on any atom is 0.142 e. The van der Waals surface area contributed by atoms with Gasteiger partial charge >= 0.3 is 0 Å². The highest BCUT2D eigenvalue weighted by Gasteiger charge is 2.04. The van der Waals surface area contributed by atoms with Crippen LogP contribution in [0.25, 0.3) is 0 Å². The summed E-state index contributed by atoms with van der Waals surface area (Å²) in [5, 5.41) is 17.8. The molecule has 4 heteroatoms. The molecule has 0 fully saturated rings. The molecule has 0 aliphatic rings. The van der Waals surface area contributed by atoms with E-state index < -0.39 is 0 Å². The molecule has 1 heterocycles. The van der Waals surface area contributed by atoms with Crippen molar-refractivity contribution in [2.24, 2.45) is 0 Å². The van der Waals surface area contributed by atoms with Crippen molar-refractivity contribution < 1.29 is 5.11 Å². The quantitative estimate of drug-likeness (QED) is 0.801. The second-order valence-corrected chi connectivity index (χ2v) is 3.57. The maximum atomic E-state index is 9.16. The Morgan fingerprint density at radius 1 is 1.67 bits per heavy atom. The second kappa shape index (κ2) is 5.32. The van der Waals surface area contributed by atoms with Gasteiger partial charge in [-0.2, -0.15) is 5.26 Å². The average molecular weight is 205 g/mol. The van der Waals surface area contributed by atoms with Gasteiger partial charge in [0.25, 0.3) is 0 Å². The first kappa shape index (κ1) is 11.5. The third kappa shape index (κ3) is 3.56. The van der Waals surface area contributed by atoms with Gasteiger partial charge in [-0.15, -0.1) is 0 Å². The maximum absolute atomic E-state index is 9.16. The van der Waals surface area contributed by atoms with Crippen LogP contribution in [0, 0.1) is 11.3 Å². The molecule has 1 unspecified atom stereocenters. The lowest BCUT2D eigenvalue weighted by Gasteiger charge is -2.19. The van der Waals surface area contributed by atoms with Crippen LogP contribution >= 0.6 is 0 Å². The molecular weight excluding hydrogens is 190 g/mol. The lowest BCUT2D eigenvalue weighted by molar-refractivity contribution is 0.187. The van der Waals surface area contributed by atoms with E-state index in [0.717, 1.165) is 12.2 Å². The molecule has 0 aliphatic heterocycles. The van der Waals surface area contributed by atoms with Gasteiger partial charge in [-0.1, -0.05) is 0 Å². The van der Waals surface area contributed by atoms with Crippen LogP contribution in [-0.4, -0.2) is 29.8 Å². The first-order chi connectivity index (χ1) is 7.13. The largest absolute Gasteiger partial charge is 0.393 e. The molecule has 1 N–H and O–H groups in total. The summed E-state index contributed by atoms with van der Waals surface area (Å²) in [5.74, 6) is 0. The Hall–Kier alpha value is -1.60. The lowest BCUT2D eigenvalue weighted by atomic mass is 10.2. The molecule has 0 spiro atoms. The number of anilines is 1. The standard InChI is InChI=1S/C11H15N3O/c1-9(15)4-6-14(2)11-3-5-13-10(7-11)8-12/h3,5,7,9,15H,4,6H2,1-2H3. The van der Waals surface area contributed by atoms with Crippen molar-refractivity contribution in [3.63, 3.8) is 0 Å². The summed E-state index contributed by atoms with van der Waals surface area (Å²) < 4.78 is 0. The molecule has 0 aromatic carbocycles. The molecule has 0 bridgehead atoms. The van der Waals surface area contributed by atoms with Crippen LogP contribution in [0.15, 0.2) is 18.3 Å². The monoisotopic (exact) mass is 205 g/mol. The molecule has 0 amide bonds. The van der Waals surface area contributed by atoms with Crippen LogP contribution < -0.4 is 4.90 Å². The van der Waals surface area contributed by atoms with Crippen molar-refractivity contribution in [2.45, 2.75) is 19.4 Å². The Morgan fingerprint density at radius 2 is 2.40 bits per heavy atom. The molecule has 15 heavy (non-hydrogen) atoms. The Labute approximate surface area is 89.8 Å². The molecule has 80 valence electrons. The fraction of sp³-hybridized carbons (Fsp3) is 0.455. The smallest absolute Gasteiger partial charge is 0.142 e. The second-order valence-electron chi connectivity index (χ2n) is 3.57. The number of nitriles is 1. The van der Waals surface area contributed by atoms with E-state index in [9.17, 15) is 0 Å². The van der Waals surface area contributed by atoms with E-state index in [1.54, 1.807) is 19.2 Å². The van der Waals surface area contributed by atoms with Gasteiger partial charge in [-0.25, -0.2) is 4.98 Å². The van der Waals surface area contributed by atoms with Crippen molar-refractivity contribution >= 4 is 5.69 Å². The molecule has 1 aromatic rings. The SMILES string of the molecule is CC(O)CCN(C)c1ccnc(C#N)c1. The van der Waals surface area contributed by atoms with E-state index >= 15 is 0 Å². The first-order valence-corrected chi connectivity index (χ1v) is 4.89. The number of hydrogen-bond donors (Lipinski definition) is 1.